The van der Waals surface area contributed by atoms with Crippen LogP contribution in [0.5, 0.6) is 0 Å². The van der Waals surface area contributed by atoms with Gasteiger partial charge >= 0.3 is 0 Å². The molecule has 0 amide bonds. The number of halogens is 1. The normalized spacial score (nSPS) is 36.7. The van der Waals surface area contributed by atoms with Crippen molar-refractivity contribution in [2.75, 3.05) is 34.9 Å². The van der Waals surface area contributed by atoms with E-state index in [1.54, 1.807) is 0 Å². The van der Waals surface area contributed by atoms with Crippen molar-refractivity contribution in [1.29, 1.82) is 0 Å². The number of alkyl halides is 1. The van der Waals surface area contributed by atoms with Crippen LogP contribution in [0.1, 0.15) is 6.42 Å². The lowest BCUT2D eigenvalue weighted by Gasteiger charge is -2.38. The quantitative estimate of drug-likeness (QED) is 0.716. The van der Waals surface area contributed by atoms with Gasteiger partial charge in [0, 0.05) is 41.2 Å². The third kappa shape index (κ3) is 2.58. The van der Waals surface area contributed by atoms with Crippen LogP contribution in [0.2, 0.25) is 0 Å². The maximum atomic E-state index is 3.64. The van der Waals surface area contributed by atoms with E-state index in [1.807, 2.05) is 0 Å². The van der Waals surface area contributed by atoms with Crippen LogP contribution >= 0.6 is 39.5 Å². The summed E-state index contributed by atoms with van der Waals surface area (Å²) >= 11 is 7.87. The standard InChI is InChI=1S/C9H16BrNS2/c10-5-9-7-13-4-2-11(9)8-1-3-12-6-8/h8-9H,1-7H2. The molecule has 2 rings (SSSR count). The van der Waals surface area contributed by atoms with E-state index in [-0.39, 0.29) is 0 Å². The van der Waals surface area contributed by atoms with Crippen LogP contribution in [-0.2, 0) is 0 Å². The van der Waals surface area contributed by atoms with Gasteiger partial charge in [0.1, 0.15) is 0 Å². The van der Waals surface area contributed by atoms with Crippen molar-refractivity contribution >= 4 is 39.5 Å². The highest BCUT2D eigenvalue weighted by molar-refractivity contribution is 9.09. The van der Waals surface area contributed by atoms with E-state index in [4.69, 9.17) is 0 Å². The molecule has 4 heteroatoms. The average Bonchev–Trinajstić information content (AvgIpc) is 2.70. The Balaban J connectivity index is 1.93. The van der Waals surface area contributed by atoms with Crippen LogP contribution in [0.25, 0.3) is 0 Å². The van der Waals surface area contributed by atoms with Gasteiger partial charge in [0.25, 0.3) is 0 Å². The molecular weight excluding hydrogens is 266 g/mol. The molecule has 0 N–H and O–H groups in total. The van der Waals surface area contributed by atoms with Gasteiger partial charge in [0.2, 0.25) is 0 Å². The molecule has 0 bridgehead atoms. The fourth-order valence-electron chi connectivity index (χ4n) is 2.07. The van der Waals surface area contributed by atoms with Crippen LogP contribution in [0.3, 0.4) is 0 Å². The maximum absolute atomic E-state index is 3.64. The molecule has 2 aliphatic rings. The van der Waals surface area contributed by atoms with E-state index in [9.17, 15) is 0 Å². The molecule has 76 valence electrons. The van der Waals surface area contributed by atoms with Gasteiger partial charge in [-0.2, -0.15) is 23.5 Å². The van der Waals surface area contributed by atoms with Crippen LogP contribution < -0.4 is 0 Å². The predicted octanol–water partition coefficient (Wildman–Crippen LogP) is 2.30. The van der Waals surface area contributed by atoms with Gasteiger partial charge in [-0.05, 0) is 12.2 Å². The zero-order valence-electron chi connectivity index (χ0n) is 7.75. The lowest BCUT2D eigenvalue weighted by atomic mass is 10.2. The second-order valence-corrected chi connectivity index (χ2v) is 6.59. The highest BCUT2D eigenvalue weighted by atomic mass is 79.9. The second-order valence-electron chi connectivity index (χ2n) is 3.64. The molecule has 0 spiro atoms. The smallest absolute Gasteiger partial charge is 0.0286 e. The van der Waals surface area contributed by atoms with Gasteiger partial charge in [0.05, 0.1) is 0 Å². The monoisotopic (exact) mass is 281 g/mol. The fraction of sp³-hybridized carbons (Fsp3) is 1.00. The Morgan fingerprint density at radius 3 is 2.77 bits per heavy atom. The summed E-state index contributed by atoms with van der Waals surface area (Å²) in [5.41, 5.74) is 0. The third-order valence-corrected chi connectivity index (χ3v) is 5.81. The van der Waals surface area contributed by atoms with Crippen LogP contribution in [0.4, 0.5) is 0 Å². The molecule has 2 fully saturated rings. The SMILES string of the molecule is BrCC1CSCCN1C1CCSC1. The van der Waals surface area contributed by atoms with E-state index >= 15 is 0 Å². The zero-order valence-corrected chi connectivity index (χ0v) is 11.0. The largest absolute Gasteiger partial charge is 0.294 e. The number of rotatable bonds is 2. The number of nitrogens with zero attached hydrogens (tertiary/aromatic N) is 1. The summed E-state index contributed by atoms with van der Waals surface area (Å²) in [5, 5.41) is 1.15. The van der Waals surface area contributed by atoms with Crippen molar-refractivity contribution in [2.45, 2.75) is 18.5 Å². The second kappa shape index (κ2) is 5.29. The zero-order chi connectivity index (χ0) is 9.10. The number of hydrogen-bond donors (Lipinski definition) is 0. The van der Waals surface area contributed by atoms with Gasteiger partial charge in [-0.25, -0.2) is 0 Å². The molecule has 1 nitrogen and oxygen atoms in total. The number of hydrogen-bond acceptors (Lipinski definition) is 3. The first-order chi connectivity index (χ1) is 6.42. The molecule has 2 heterocycles. The molecule has 0 aliphatic carbocycles. The Bertz CT molecular complexity index is 160. The summed E-state index contributed by atoms with van der Waals surface area (Å²) in [6.45, 7) is 1.31. The minimum absolute atomic E-state index is 0.794. The fourth-order valence-corrected chi connectivity index (χ4v) is 5.29. The Morgan fingerprint density at radius 2 is 2.08 bits per heavy atom. The van der Waals surface area contributed by atoms with E-state index in [2.05, 4.69) is 44.4 Å². The van der Waals surface area contributed by atoms with Gasteiger partial charge in [-0.15, -0.1) is 0 Å². The van der Waals surface area contributed by atoms with E-state index in [1.165, 1.54) is 36.0 Å². The van der Waals surface area contributed by atoms with Crippen LogP contribution in [0.15, 0.2) is 0 Å². The molecular formula is C9H16BrNS2. The summed E-state index contributed by atoms with van der Waals surface area (Å²) in [5.74, 6) is 5.41. The Morgan fingerprint density at radius 1 is 1.23 bits per heavy atom. The summed E-state index contributed by atoms with van der Waals surface area (Å²) in [7, 11) is 0. The van der Waals surface area contributed by atoms with E-state index in [0.717, 1.165) is 17.4 Å². The Hall–Kier alpha value is 1.14. The molecule has 0 aromatic heterocycles. The summed E-state index contributed by atoms with van der Waals surface area (Å²) in [4.78, 5) is 2.74. The lowest BCUT2D eigenvalue weighted by Crippen LogP contribution is -2.49. The Kier molecular flexibility index (Phi) is 4.33. The molecule has 2 atom stereocenters. The van der Waals surface area contributed by atoms with Crippen molar-refractivity contribution in [2.24, 2.45) is 0 Å². The van der Waals surface area contributed by atoms with Crippen molar-refractivity contribution in [1.82, 2.24) is 4.90 Å². The maximum Gasteiger partial charge on any atom is 0.0286 e. The summed E-state index contributed by atoms with van der Waals surface area (Å²) in [6.07, 6.45) is 1.42. The topological polar surface area (TPSA) is 3.24 Å². The first kappa shape index (κ1) is 10.7. The molecule has 0 aromatic rings. The van der Waals surface area contributed by atoms with E-state index in [0.29, 0.717) is 0 Å². The van der Waals surface area contributed by atoms with Crippen molar-refractivity contribution in [3.63, 3.8) is 0 Å². The van der Waals surface area contributed by atoms with Gasteiger partial charge in [-0.3, -0.25) is 4.90 Å². The minimum atomic E-state index is 0.794. The molecule has 0 saturated carbocycles. The van der Waals surface area contributed by atoms with Gasteiger partial charge in [-0.1, -0.05) is 15.9 Å². The molecule has 0 radical (unpaired) electrons. The summed E-state index contributed by atoms with van der Waals surface area (Å²) in [6, 6.07) is 1.68. The molecule has 13 heavy (non-hydrogen) atoms. The molecule has 2 aliphatic heterocycles. The van der Waals surface area contributed by atoms with Crippen LogP contribution in [-0.4, -0.2) is 51.9 Å². The van der Waals surface area contributed by atoms with Crippen molar-refractivity contribution < 1.29 is 0 Å². The highest BCUT2D eigenvalue weighted by Gasteiger charge is 2.30. The lowest BCUT2D eigenvalue weighted by molar-refractivity contribution is 0.180. The molecule has 2 unspecified atom stereocenters. The van der Waals surface area contributed by atoms with Gasteiger partial charge < -0.3 is 0 Å². The molecule has 2 saturated heterocycles. The average molecular weight is 282 g/mol. The minimum Gasteiger partial charge on any atom is -0.294 e. The van der Waals surface area contributed by atoms with Crippen molar-refractivity contribution in [3.05, 3.63) is 0 Å². The first-order valence-corrected chi connectivity index (χ1v) is 8.32. The first-order valence-electron chi connectivity index (χ1n) is 4.89. The van der Waals surface area contributed by atoms with Crippen molar-refractivity contribution in [3.8, 4) is 0 Å². The van der Waals surface area contributed by atoms with Crippen LogP contribution in [0, 0.1) is 0 Å². The predicted molar refractivity (Wildman–Crippen MR) is 67.3 cm³/mol. The Labute approximate surface area is 97.5 Å². The summed E-state index contributed by atoms with van der Waals surface area (Å²) < 4.78 is 0. The number of thioether (sulfide) groups is 2. The van der Waals surface area contributed by atoms with E-state index < -0.39 is 0 Å². The molecule has 0 aromatic carbocycles. The third-order valence-electron chi connectivity index (χ3n) is 2.83. The van der Waals surface area contributed by atoms with Gasteiger partial charge in [0.15, 0.2) is 0 Å². The highest BCUT2D eigenvalue weighted by Crippen LogP contribution is 2.28.